The molecule has 2 N–H and O–H groups in total. The Morgan fingerprint density at radius 3 is 2.48 bits per heavy atom. The van der Waals surface area contributed by atoms with E-state index in [1.165, 1.54) is 17.0 Å². The second-order valence-corrected chi connectivity index (χ2v) is 7.14. The molecular formula is C24H28F3IN4O. The summed E-state index contributed by atoms with van der Waals surface area (Å²) in [5.74, 6) is 6.06. The van der Waals surface area contributed by atoms with E-state index in [2.05, 4.69) is 27.5 Å². The Kier molecular flexibility index (Phi) is 11.8. The molecule has 5 nitrogen and oxygen atoms in total. The van der Waals surface area contributed by atoms with Crippen LogP contribution in [0, 0.1) is 11.8 Å². The molecule has 0 radical (unpaired) electrons. The molecule has 178 valence electrons. The van der Waals surface area contributed by atoms with Crippen molar-refractivity contribution in [3.63, 3.8) is 0 Å². The fraction of sp³-hybridized carbons (Fsp3) is 0.333. The summed E-state index contributed by atoms with van der Waals surface area (Å²) < 4.78 is 38.3. The minimum Gasteiger partial charge on any atom is -0.357 e. The van der Waals surface area contributed by atoms with Gasteiger partial charge in [0.25, 0.3) is 5.91 Å². The lowest BCUT2D eigenvalue weighted by molar-refractivity contribution is -0.137. The molecule has 0 aliphatic rings. The summed E-state index contributed by atoms with van der Waals surface area (Å²) in [6.45, 7) is 3.31. The van der Waals surface area contributed by atoms with Crippen molar-refractivity contribution in [2.45, 2.75) is 19.5 Å². The number of hydrogen-bond acceptors (Lipinski definition) is 2. The monoisotopic (exact) mass is 572 g/mol. The van der Waals surface area contributed by atoms with Crippen LogP contribution in [0.5, 0.6) is 0 Å². The first kappa shape index (κ1) is 28.3. The standard InChI is InChI=1S/C24H27F3N4O.HI/c1-4-28-23(29-14-7-10-18-9-6-12-21(17-18)24(25,26)27)30-15-13-19-8-5-11-20(16-19)22(32)31(2)3;/h5-6,8-9,11-12,16-17H,4,13-15H2,1-3H3,(H2,28,29,30);1H. The summed E-state index contributed by atoms with van der Waals surface area (Å²) in [4.78, 5) is 18.1. The molecule has 0 bridgehead atoms. The van der Waals surface area contributed by atoms with Crippen molar-refractivity contribution in [2.24, 2.45) is 4.99 Å². The van der Waals surface area contributed by atoms with Gasteiger partial charge in [-0.15, -0.1) is 24.0 Å². The number of halogens is 4. The summed E-state index contributed by atoms with van der Waals surface area (Å²) in [5.41, 5.74) is 1.22. The predicted octanol–water partition coefficient (Wildman–Crippen LogP) is 4.17. The topological polar surface area (TPSA) is 56.7 Å². The molecule has 9 heteroatoms. The van der Waals surface area contributed by atoms with E-state index in [-0.39, 0.29) is 36.4 Å². The van der Waals surface area contributed by atoms with Crippen LogP contribution in [-0.4, -0.2) is 50.5 Å². The molecule has 0 saturated heterocycles. The molecule has 0 aromatic heterocycles. The average Bonchev–Trinajstić information content (AvgIpc) is 2.76. The minimum absolute atomic E-state index is 0. The van der Waals surface area contributed by atoms with E-state index in [1.807, 2.05) is 25.1 Å². The number of nitrogens with zero attached hydrogens (tertiary/aromatic N) is 2. The molecule has 0 heterocycles. The Hall–Kier alpha value is -2.74. The number of rotatable bonds is 6. The lowest BCUT2D eigenvalue weighted by Gasteiger charge is -2.11. The lowest BCUT2D eigenvalue weighted by Crippen LogP contribution is -2.37. The number of aliphatic imine (C=N–C) groups is 1. The van der Waals surface area contributed by atoms with Gasteiger partial charge in [0, 0.05) is 38.3 Å². The number of hydrogen-bond donors (Lipinski definition) is 2. The van der Waals surface area contributed by atoms with Crippen LogP contribution in [-0.2, 0) is 12.6 Å². The first-order valence-electron chi connectivity index (χ1n) is 10.2. The van der Waals surface area contributed by atoms with Gasteiger partial charge in [-0.05, 0) is 49.2 Å². The van der Waals surface area contributed by atoms with E-state index in [9.17, 15) is 18.0 Å². The van der Waals surface area contributed by atoms with Gasteiger partial charge >= 0.3 is 6.18 Å². The van der Waals surface area contributed by atoms with Crippen molar-refractivity contribution < 1.29 is 18.0 Å². The Bertz CT molecular complexity index is 1010. The van der Waals surface area contributed by atoms with E-state index in [0.29, 0.717) is 36.6 Å². The first-order valence-corrected chi connectivity index (χ1v) is 10.2. The SMILES string of the molecule is CCNC(=NCCc1cccc(C(=O)N(C)C)c1)NCC#Cc1cccc(C(F)(F)F)c1.I. The predicted molar refractivity (Wildman–Crippen MR) is 136 cm³/mol. The fourth-order valence-corrected chi connectivity index (χ4v) is 2.80. The van der Waals surface area contributed by atoms with Crippen molar-refractivity contribution in [1.82, 2.24) is 15.5 Å². The van der Waals surface area contributed by atoms with E-state index in [1.54, 1.807) is 20.2 Å². The van der Waals surface area contributed by atoms with Crippen LogP contribution in [0.2, 0.25) is 0 Å². The van der Waals surface area contributed by atoms with Crippen molar-refractivity contribution in [1.29, 1.82) is 0 Å². The van der Waals surface area contributed by atoms with Crippen LogP contribution < -0.4 is 10.6 Å². The normalized spacial score (nSPS) is 11.0. The zero-order valence-corrected chi connectivity index (χ0v) is 21.1. The molecule has 2 aromatic rings. The summed E-state index contributed by atoms with van der Waals surface area (Å²) in [7, 11) is 3.42. The maximum atomic E-state index is 12.8. The van der Waals surface area contributed by atoms with Crippen LogP contribution in [0.3, 0.4) is 0 Å². The van der Waals surface area contributed by atoms with Crippen LogP contribution in [0.4, 0.5) is 13.2 Å². The lowest BCUT2D eigenvalue weighted by atomic mass is 10.1. The Labute approximate surface area is 209 Å². The number of carbonyl (C=O) groups is 1. The van der Waals surface area contributed by atoms with Gasteiger partial charge in [0.05, 0.1) is 12.1 Å². The Balaban J connectivity index is 0.00000544. The maximum absolute atomic E-state index is 12.8. The maximum Gasteiger partial charge on any atom is 0.416 e. The van der Waals surface area contributed by atoms with Crippen LogP contribution in [0.1, 0.15) is 34.0 Å². The fourth-order valence-electron chi connectivity index (χ4n) is 2.80. The quantitative estimate of drug-likeness (QED) is 0.237. The zero-order chi connectivity index (χ0) is 23.6. The van der Waals surface area contributed by atoms with Crippen LogP contribution >= 0.6 is 24.0 Å². The third kappa shape index (κ3) is 9.74. The molecule has 0 aliphatic carbocycles. The first-order chi connectivity index (χ1) is 15.2. The van der Waals surface area contributed by atoms with Gasteiger partial charge in [-0.3, -0.25) is 9.79 Å². The van der Waals surface area contributed by atoms with Crippen molar-refractivity contribution in [3.05, 3.63) is 70.8 Å². The van der Waals surface area contributed by atoms with E-state index in [4.69, 9.17) is 0 Å². The van der Waals surface area contributed by atoms with Crippen molar-refractivity contribution in [3.8, 4) is 11.8 Å². The van der Waals surface area contributed by atoms with Gasteiger partial charge in [0.2, 0.25) is 0 Å². The van der Waals surface area contributed by atoms with Gasteiger partial charge in [-0.25, -0.2) is 0 Å². The average molecular weight is 572 g/mol. The van der Waals surface area contributed by atoms with Gasteiger partial charge in [-0.1, -0.05) is 30.0 Å². The molecule has 2 aromatic carbocycles. The van der Waals surface area contributed by atoms with Gasteiger partial charge < -0.3 is 15.5 Å². The van der Waals surface area contributed by atoms with Gasteiger partial charge in [0.1, 0.15) is 0 Å². The number of amides is 1. The van der Waals surface area contributed by atoms with Crippen molar-refractivity contribution >= 4 is 35.8 Å². The van der Waals surface area contributed by atoms with E-state index in [0.717, 1.165) is 17.7 Å². The third-order valence-corrected chi connectivity index (χ3v) is 4.36. The highest BCUT2D eigenvalue weighted by Gasteiger charge is 2.30. The molecule has 0 atom stereocenters. The highest BCUT2D eigenvalue weighted by molar-refractivity contribution is 14.0. The van der Waals surface area contributed by atoms with Crippen LogP contribution in [0.15, 0.2) is 53.5 Å². The van der Waals surface area contributed by atoms with E-state index >= 15 is 0 Å². The molecule has 0 spiro atoms. The van der Waals surface area contributed by atoms with Gasteiger partial charge in [-0.2, -0.15) is 13.2 Å². The summed E-state index contributed by atoms with van der Waals surface area (Å²) in [6.07, 6.45) is -3.74. The summed E-state index contributed by atoms with van der Waals surface area (Å²) >= 11 is 0. The zero-order valence-electron chi connectivity index (χ0n) is 18.8. The van der Waals surface area contributed by atoms with Crippen LogP contribution in [0.25, 0.3) is 0 Å². The molecule has 0 fully saturated rings. The molecule has 33 heavy (non-hydrogen) atoms. The molecule has 1 amide bonds. The number of guanidine groups is 1. The van der Waals surface area contributed by atoms with E-state index < -0.39 is 11.7 Å². The molecule has 0 aliphatic heterocycles. The number of alkyl halides is 3. The van der Waals surface area contributed by atoms with Crippen molar-refractivity contribution in [2.75, 3.05) is 33.7 Å². The second kappa shape index (κ2) is 13.7. The number of carbonyl (C=O) groups excluding carboxylic acids is 1. The molecular weight excluding hydrogens is 544 g/mol. The minimum atomic E-state index is -4.39. The second-order valence-electron chi connectivity index (χ2n) is 7.14. The highest BCUT2D eigenvalue weighted by atomic mass is 127. The highest BCUT2D eigenvalue weighted by Crippen LogP contribution is 2.29. The summed E-state index contributed by atoms with van der Waals surface area (Å²) in [5, 5.41) is 6.15. The number of benzene rings is 2. The third-order valence-electron chi connectivity index (χ3n) is 4.36. The number of nitrogens with one attached hydrogen (secondary N) is 2. The molecule has 0 saturated carbocycles. The summed E-state index contributed by atoms with van der Waals surface area (Å²) in [6, 6.07) is 12.4. The molecule has 0 unspecified atom stereocenters. The largest absolute Gasteiger partial charge is 0.416 e. The Morgan fingerprint density at radius 2 is 1.82 bits per heavy atom. The smallest absolute Gasteiger partial charge is 0.357 e. The Morgan fingerprint density at radius 1 is 1.09 bits per heavy atom. The molecule has 2 rings (SSSR count). The van der Waals surface area contributed by atoms with Gasteiger partial charge in [0.15, 0.2) is 5.96 Å².